The van der Waals surface area contributed by atoms with E-state index < -0.39 is 0 Å². The van der Waals surface area contributed by atoms with Gasteiger partial charge in [-0.2, -0.15) is 0 Å². The van der Waals surface area contributed by atoms with E-state index >= 15 is 0 Å². The van der Waals surface area contributed by atoms with Crippen LogP contribution in [-0.4, -0.2) is 0 Å². The molecule has 0 spiro atoms. The lowest BCUT2D eigenvalue weighted by molar-refractivity contribution is 0.398. The van der Waals surface area contributed by atoms with Crippen LogP contribution >= 0.6 is 0 Å². The van der Waals surface area contributed by atoms with Crippen LogP contribution in [0.3, 0.4) is 0 Å². The molecule has 106 valence electrons. The molecule has 0 bridgehead atoms. The molecule has 0 heteroatoms. The molecule has 0 amide bonds. The molecule has 0 radical (unpaired) electrons. The van der Waals surface area contributed by atoms with E-state index in [1.54, 1.807) is 0 Å². The van der Waals surface area contributed by atoms with Gasteiger partial charge in [-0.1, -0.05) is 89.8 Å². The van der Waals surface area contributed by atoms with Crippen LogP contribution < -0.4 is 0 Å². The highest BCUT2D eigenvalue weighted by Crippen LogP contribution is 2.16. The highest BCUT2D eigenvalue weighted by atomic mass is 14.1. The Morgan fingerprint density at radius 1 is 0.688 bits per heavy atom. The average Bonchev–Trinajstić information content (AvgIpc) is 2.01. The Balaban J connectivity index is -0.0000000250. The van der Waals surface area contributed by atoms with Crippen molar-refractivity contribution in [3.05, 3.63) is 12.2 Å². The van der Waals surface area contributed by atoms with Gasteiger partial charge in [0.1, 0.15) is 0 Å². The van der Waals surface area contributed by atoms with Crippen LogP contribution in [0.25, 0.3) is 0 Å². The highest BCUT2D eigenvalue weighted by Gasteiger charge is 2.03. The zero-order chi connectivity index (χ0) is 10.0. The Hall–Kier alpha value is -0.260. The van der Waals surface area contributed by atoms with Crippen LogP contribution in [0, 0.1) is 5.41 Å². The first kappa shape index (κ1) is 36.0. The van der Waals surface area contributed by atoms with Gasteiger partial charge >= 0.3 is 0 Å². The number of allylic oxidation sites excluding steroid dienone is 2. The smallest absolute Gasteiger partial charge is 0.0379 e. The quantitative estimate of drug-likeness (QED) is 0.438. The zero-order valence-electron chi connectivity index (χ0n) is 9.78. The van der Waals surface area contributed by atoms with Crippen molar-refractivity contribution in [1.29, 1.82) is 0 Å². The summed E-state index contributed by atoms with van der Waals surface area (Å²) < 4.78 is 0. The topological polar surface area (TPSA) is 0 Å². The molecule has 0 rings (SSSR count). The molecule has 0 N–H and O–H groups in total. The average molecular weight is 235 g/mol. The number of hydrogen-bond acceptors (Lipinski definition) is 0. The van der Waals surface area contributed by atoms with Gasteiger partial charge in [-0.05, 0) is 18.3 Å². The van der Waals surface area contributed by atoms with E-state index in [4.69, 9.17) is 0 Å². The predicted octanol–water partition coefficient (Wildman–Crippen LogP) is 7.35. The molecular weight excluding hydrogens is 192 g/mol. The first-order chi connectivity index (χ1) is 5.47. The molecule has 0 aromatic rings. The second-order valence-corrected chi connectivity index (χ2v) is 4.20. The summed E-state index contributed by atoms with van der Waals surface area (Å²) in [5.41, 5.74) is 0.542. The van der Waals surface area contributed by atoms with Crippen molar-refractivity contribution in [1.82, 2.24) is 0 Å². The van der Waals surface area contributed by atoms with E-state index in [-0.39, 0.29) is 29.7 Å². The summed E-state index contributed by atoms with van der Waals surface area (Å²) >= 11 is 0. The summed E-state index contributed by atoms with van der Waals surface area (Å²) in [4.78, 5) is 0. The fourth-order valence-corrected chi connectivity index (χ4v) is 0.333. The van der Waals surface area contributed by atoms with Gasteiger partial charge in [0.05, 0.1) is 0 Å². The third-order valence-corrected chi connectivity index (χ3v) is 1.70. The molecule has 0 aliphatic rings. The lowest BCUT2D eigenvalue weighted by Gasteiger charge is -2.12. The van der Waals surface area contributed by atoms with Crippen molar-refractivity contribution in [2.45, 2.75) is 90.5 Å². The molecule has 0 heterocycles. The van der Waals surface area contributed by atoms with E-state index in [0.29, 0.717) is 5.41 Å². The second kappa shape index (κ2) is 24.1. The van der Waals surface area contributed by atoms with Gasteiger partial charge in [0.15, 0.2) is 0 Å². The molecule has 0 aliphatic heterocycles. The molecule has 0 atom stereocenters. The molecule has 0 aliphatic carbocycles. The lowest BCUT2D eigenvalue weighted by Crippen LogP contribution is -2.00. The van der Waals surface area contributed by atoms with Crippen molar-refractivity contribution >= 4 is 0 Å². The Morgan fingerprint density at radius 2 is 0.875 bits per heavy atom. The molecular formula is C16H42. The summed E-state index contributed by atoms with van der Waals surface area (Å²) in [6.07, 6.45) is 7.98. The monoisotopic (exact) mass is 234 g/mol. The van der Waals surface area contributed by atoms with Gasteiger partial charge in [-0.25, -0.2) is 0 Å². The van der Waals surface area contributed by atoms with E-state index in [2.05, 4.69) is 53.7 Å². The van der Waals surface area contributed by atoms with Gasteiger partial charge in [0, 0.05) is 0 Å². The van der Waals surface area contributed by atoms with Crippen molar-refractivity contribution < 1.29 is 0 Å². The first-order valence-electron chi connectivity index (χ1n) is 5.12. The fourth-order valence-electron chi connectivity index (χ4n) is 0.333. The van der Waals surface area contributed by atoms with E-state index in [9.17, 15) is 0 Å². The summed E-state index contributed by atoms with van der Waals surface area (Å²) in [6.45, 7) is 13.2. The van der Waals surface area contributed by atoms with Gasteiger partial charge < -0.3 is 0 Å². The predicted molar refractivity (Wildman–Crippen MR) is 86.4 cm³/mol. The van der Waals surface area contributed by atoms with E-state index in [0.717, 1.165) is 0 Å². The van der Waals surface area contributed by atoms with Gasteiger partial charge in [-0.15, -0.1) is 0 Å². The van der Waals surface area contributed by atoms with Gasteiger partial charge in [0.25, 0.3) is 0 Å². The Kier molecular flexibility index (Phi) is 54.4. The van der Waals surface area contributed by atoms with Crippen molar-refractivity contribution in [3.63, 3.8) is 0 Å². The summed E-state index contributed by atoms with van der Waals surface area (Å²) in [6, 6.07) is 0. The molecule has 0 aromatic heterocycles. The largest absolute Gasteiger partial charge is 0.0888 e. The van der Waals surface area contributed by atoms with Crippen LogP contribution in [0.1, 0.15) is 90.5 Å². The summed E-state index contributed by atoms with van der Waals surface area (Å²) in [5.74, 6) is 0. The van der Waals surface area contributed by atoms with E-state index in [1.807, 2.05) is 0 Å². The molecule has 16 heavy (non-hydrogen) atoms. The van der Waals surface area contributed by atoms with Crippen LogP contribution in [-0.2, 0) is 0 Å². The SMILES string of the molecule is C.C.C.C.CCC(C)(C)C.CCC=CCC. The summed E-state index contributed by atoms with van der Waals surface area (Å²) in [5, 5.41) is 0. The minimum atomic E-state index is 0. The van der Waals surface area contributed by atoms with E-state index in [1.165, 1.54) is 19.3 Å². The van der Waals surface area contributed by atoms with Crippen LogP contribution in [0.2, 0.25) is 0 Å². The normalized spacial score (nSPS) is 8.38. The molecule has 0 saturated heterocycles. The van der Waals surface area contributed by atoms with Crippen molar-refractivity contribution in [2.75, 3.05) is 0 Å². The molecule has 0 saturated carbocycles. The van der Waals surface area contributed by atoms with Crippen molar-refractivity contribution in [3.8, 4) is 0 Å². The minimum absolute atomic E-state index is 0. The van der Waals surface area contributed by atoms with Crippen LogP contribution in [0.4, 0.5) is 0 Å². The Morgan fingerprint density at radius 3 is 0.938 bits per heavy atom. The molecule has 0 aromatic carbocycles. The standard InChI is InChI=1S/C6H14.C6H12.4CH4/c1-5-6(2,3)4;1-3-5-6-4-2;;;;/h5H2,1-4H3;5-6H,3-4H2,1-2H3;4*1H4. The highest BCUT2D eigenvalue weighted by molar-refractivity contribution is 4.77. The maximum absolute atomic E-state index is 2.24. The third-order valence-electron chi connectivity index (χ3n) is 1.70. The molecule has 0 fully saturated rings. The lowest BCUT2D eigenvalue weighted by atomic mass is 9.94. The van der Waals surface area contributed by atoms with Crippen LogP contribution in [0.5, 0.6) is 0 Å². The first-order valence-corrected chi connectivity index (χ1v) is 5.12. The Bertz CT molecular complexity index is 87.1. The van der Waals surface area contributed by atoms with Gasteiger partial charge in [-0.3, -0.25) is 0 Å². The van der Waals surface area contributed by atoms with Crippen molar-refractivity contribution in [2.24, 2.45) is 5.41 Å². The van der Waals surface area contributed by atoms with Gasteiger partial charge in [0.2, 0.25) is 0 Å². The zero-order valence-corrected chi connectivity index (χ0v) is 9.78. The number of hydrogen-bond donors (Lipinski definition) is 0. The maximum atomic E-state index is 2.24. The fraction of sp³-hybridized carbons (Fsp3) is 0.875. The molecule has 0 nitrogen and oxygen atoms in total. The van der Waals surface area contributed by atoms with Crippen LogP contribution in [0.15, 0.2) is 12.2 Å². The Labute approximate surface area is 109 Å². The summed E-state index contributed by atoms with van der Waals surface area (Å²) in [7, 11) is 0. The minimum Gasteiger partial charge on any atom is -0.0888 e. The second-order valence-electron chi connectivity index (χ2n) is 4.20. The molecule has 0 unspecified atom stereocenters. The maximum Gasteiger partial charge on any atom is -0.0379 e. The number of rotatable bonds is 2. The third kappa shape index (κ3) is 67.7.